The van der Waals surface area contributed by atoms with Gasteiger partial charge in [-0.15, -0.1) is 0 Å². The van der Waals surface area contributed by atoms with Gasteiger partial charge in [0.05, 0.1) is 17.8 Å². The van der Waals surface area contributed by atoms with Crippen molar-refractivity contribution < 1.29 is 9.90 Å². The van der Waals surface area contributed by atoms with Gasteiger partial charge in [-0.1, -0.05) is 89.4 Å². The number of anilines is 1. The van der Waals surface area contributed by atoms with Crippen LogP contribution in [0.15, 0.2) is 54.2 Å². The van der Waals surface area contributed by atoms with E-state index in [4.69, 9.17) is 0 Å². The number of carbonyl (C=O) groups is 1. The molecule has 0 aromatic heterocycles. The highest BCUT2D eigenvalue weighted by Gasteiger charge is 2.41. The number of hydrogen-bond acceptors (Lipinski definition) is 5. The average molecular weight is 509 g/mol. The van der Waals surface area contributed by atoms with Gasteiger partial charge in [0.25, 0.3) is 0 Å². The highest BCUT2D eigenvalue weighted by molar-refractivity contribution is 5.89. The first-order valence-corrected chi connectivity index (χ1v) is 14.0. The summed E-state index contributed by atoms with van der Waals surface area (Å²) < 4.78 is 0. The first kappa shape index (κ1) is 30.6. The maximum Gasteiger partial charge on any atom is 0.221 e. The van der Waals surface area contributed by atoms with Gasteiger partial charge in [0.1, 0.15) is 6.23 Å². The monoisotopic (exact) mass is 508 g/mol. The smallest absolute Gasteiger partial charge is 0.221 e. The molecule has 1 saturated heterocycles. The summed E-state index contributed by atoms with van der Waals surface area (Å²) in [5.74, 6) is -0.0876. The molecule has 0 spiro atoms. The van der Waals surface area contributed by atoms with Crippen molar-refractivity contribution >= 4 is 11.6 Å². The highest BCUT2D eigenvalue weighted by atomic mass is 16.3. The fraction of sp³-hybridized carbons (Fsp3) is 0.516. The Bertz CT molecular complexity index is 1020. The summed E-state index contributed by atoms with van der Waals surface area (Å²) in [6.07, 6.45) is 4.75. The lowest BCUT2D eigenvalue weighted by molar-refractivity contribution is -0.114. The molecule has 3 N–H and O–H groups in total. The number of fused-ring (bicyclic) bond motifs is 1. The predicted molar refractivity (Wildman–Crippen MR) is 155 cm³/mol. The lowest BCUT2D eigenvalue weighted by Gasteiger charge is -2.45. The molecule has 4 rings (SSSR count). The van der Waals surface area contributed by atoms with Gasteiger partial charge in [-0.3, -0.25) is 9.69 Å². The molecule has 2 aliphatic heterocycles. The fourth-order valence-electron chi connectivity index (χ4n) is 4.82. The lowest BCUT2D eigenvalue weighted by Crippen LogP contribution is -2.58. The molecular weight excluding hydrogens is 460 g/mol. The van der Waals surface area contributed by atoms with Crippen LogP contribution in [-0.4, -0.2) is 39.7 Å². The Labute approximate surface area is 224 Å². The molecular formula is C31H48N4O2. The Morgan fingerprint density at radius 1 is 1.05 bits per heavy atom. The number of amides is 1. The molecule has 6 nitrogen and oxygen atoms in total. The minimum Gasteiger partial charge on any atom is -0.372 e. The van der Waals surface area contributed by atoms with E-state index in [1.54, 1.807) is 0 Å². The van der Waals surface area contributed by atoms with E-state index >= 15 is 0 Å². The average Bonchev–Trinajstić information content (AvgIpc) is 3.34. The summed E-state index contributed by atoms with van der Waals surface area (Å²) in [6, 6.07) is 14.8. The van der Waals surface area contributed by atoms with Crippen LogP contribution in [0.5, 0.6) is 0 Å². The van der Waals surface area contributed by atoms with Crippen molar-refractivity contribution in [3.63, 3.8) is 0 Å². The van der Waals surface area contributed by atoms with Crippen molar-refractivity contribution in [2.75, 3.05) is 11.9 Å². The molecule has 2 aromatic rings. The normalized spacial score (nSPS) is 20.6. The summed E-state index contributed by atoms with van der Waals surface area (Å²) >= 11 is 0. The fourth-order valence-corrected chi connectivity index (χ4v) is 4.82. The van der Waals surface area contributed by atoms with E-state index in [1.165, 1.54) is 18.1 Å². The van der Waals surface area contributed by atoms with Crippen molar-refractivity contribution in [2.24, 2.45) is 0 Å². The number of carbonyl (C=O) groups excluding carboxylic acids is 1. The van der Waals surface area contributed by atoms with E-state index in [9.17, 15) is 9.90 Å². The van der Waals surface area contributed by atoms with Crippen LogP contribution in [0.2, 0.25) is 0 Å². The Balaban J connectivity index is 0.00000115. The Morgan fingerprint density at radius 3 is 2.32 bits per heavy atom. The molecule has 0 bridgehead atoms. The van der Waals surface area contributed by atoms with Gasteiger partial charge < -0.3 is 15.4 Å². The number of unbranched alkanes of at least 4 members (excludes halogenated alkanes) is 1. The van der Waals surface area contributed by atoms with Gasteiger partial charge in [0.2, 0.25) is 5.91 Å². The summed E-state index contributed by atoms with van der Waals surface area (Å²) in [4.78, 5) is 14.0. The van der Waals surface area contributed by atoms with Crippen molar-refractivity contribution in [1.29, 1.82) is 0 Å². The molecule has 1 amide bonds. The number of benzene rings is 2. The van der Waals surface area contributed by atoms with Crippen LogP contribution < -0.4 is 10.7 Å². The maximum atomic E-state index is 11.8. The Morgan fingerprint density at radius 2 is 1.70 bits per heavy atom. The van der Waals surface area contributed by atoms with Crippen molar-refractivity contribution in [1.82, 2.24) is 15.3 Å². The van der Waals surface area contributed by atoms with Crippen LogP contribution in [0.4, 0.5) is 5.69 Å². The van der Waals surface area contributed by atoms with Gasteiger partial charge in [-0.25, -0.2) is 5.43 Å². The number of nitrogens with zero attached hydrogens (tertiary/aromatic N) is 2. The number of hydrazine groups is 1. The Hall–Kier alpha value is -2.67. The molecule has 204 valence electrons. The number of aliphatic hydroxyl groups is 1. The number of rotatable bonds is 7. The molecule has 3 unspecified atom stereocenters. The zero-order valence-corrected chi connectivity index (χ0v) is 24.1. The second-order valence-electron chi connectivity index (χ2n) is 9.42. The highest BCUT2D eigenvalue weighted by Crippen LogP contribution is 2.37. The maximum absolute atomic E-state index is 11.8. The van der Waals surface area contributed by atoms with Crippen LogP contribution in [-0.2, 0) is 11.3 Å². The second kappa shape index (κ2) is 14.9. The largest absolute Gasteiger partial charge is 0.372 e. The van der Waals surface area contributed by atoms with Crippen LogP contribution in [0.1, 0.15) is 89.1 Å². The lowest BCUT2D eigenvalue weighted by atomic mass is 10.0. The van der Waals surface area contributed by atoms with Gasteiger partial charge in [-0.2, -0.15) is 0 Å². The van der Waals surface area contributed by atoms with Crippen LogP contribution >= 0.6 is 0 Å². The van der Waals surface area contributed by atoms with Crippen molar-refractivity contribution in [2.45, 2.75) is 99.5 Å². The van der Waals surface area contributed by atoms with Crippen LogP contribution in [0.25, 0.3) is 0 Å². The van der Waals surface area contributed by atoms with E-state index in [1.807, 2.05) is 40.7 Å². The van der Waals surface area contributed by atoms with Gasteiger partial charge in [0.15, 0.2) is 0 Å². The molecule has 0 saturated carbocycles. The first-order valence-electron chi connectivity index (χ1n) is 14.0. The predicted octanol–water partition coefficient (Wildman–Crippen LogP) is 6.45. The zero-order valence-electron chi connectivity index (χ0n) is 24.1. The minimum absolute atomic E-state index is 0.0876. The SMILES string of the molecule is CC.CC.CCCCC1CN(Cc2ccc(C)cc2)C(O)C2=CC(c3ccc(C)cc3NC(C)=O)NN21. The van der Waals surface area contributed by atoms with Gasteiger partial charge in [-0.05, 0) is 49.1 Å². The molecule has 3 atom stereocenters. The van der Waals surface area contributed by atoms with Crippen LogP contribution in [0, 0.1) is 13.8 Å². The second-order valence-corrected chi connectivity index (χ2v) is 9.42. The molecule has 2 aromatic carbocycles. The third-order valence-corrected chi connectivity index (χ3v) is 6.57. The molecule has 2 heterocycles. The van der Waals surface area contributed by atoms with Gasteiger partial charge in [0, 0.05) is 25.7 Å². The van der Waals surface area contributed by atoms with E-state index in [-0.39, 0.29) is 18.0 Å². The summed E-state index contributed by atoms with van der Waals surface area (Å²) in [7, 11) is 0. The minimum atomic E-state index is -0.684. The van der Waals surface area contributed by atoms with Crippen molar-refractivity contribution in [3.05, 3.63) is 76.5 Å². The quantitative estimate of drug-likeness (QED) is 0.401. The molecule has 0 radical (unpaired) electrons. The van der Waals surface area contributed by atoms with Gasteiger partial charge >= 0.3 is 0 Å². The summed E-state index contributed by atoms with van der Waals surface area (Å²) in [6.45, 7) is 17.4. The number of piperazine rings is 1. The number of nitrogens with one attached hydrogen (secondary N) is 2. The van der Waals surface area contributed by atoms with E-state index < -0.39 is 6.23 Å². The number of hydrogen-bond donors (Lipinski definition) is 3. The third kappa shape index (κ3) is 7.91. The topological polar surface area (TPSA) is 67.8 Å². The molecule has 37 heavy (non-hydrogen) atoms. The van der Waals surface area contributed by atoms with E-state index in [2.05, 4.69) is 77.0 Å². The number of aliphatic hydroxyl groups excluding tert-OH is 1. The molecule has 0 aliphatic carbocycles. The summed E-state index contributed by atoms with van der Waals surface area (Å²) in [5.41, 5.74) is 9.88. The van der Waals surface area contributed by atoms with E-state index in [0.29, 0.717) is 6.54 Å². The molecule has 6 heteroatoms. The number of aryl methyl sites for hydroxylation is 2. The zero-order chi connectivity index (χ0) is 27.5. The van der Waals surface area contributed by atoms with Crippen LogP contribution in [0.3, 0.4) is 0 Å². The third-order valence-electron chi connectivity index (χ3n) is 6.57. The van der Waals surface area contributed by atoms with E-state index in [0.717, 1.165) is 48.3 Å². The first-order chi connectivity index (χ1) is 17.9. The molecule has 2 aliphatic rings. The standard InChI is InChI=1S/C27H36N4O2.2C2H6/c1-5-6-7-22-17-30(16-21-11-8-18(2)9-12-21)27(33)26-15-25(29-31(22)26)23-13-10-19(3)14-24(23)28-20(4)32;2*1-2/h8-15,22,25,27,29,33H,5-7,16-17H2,1-4H3,(H,28,32);2*1-2H3. The molecule has 1 fully saturated rings. The summed E-state index contributed by atoms with van der Waals surface area (Å²) in [5, 5.41) is 16.5. The van der Waals surface area contributed by atoms with Crippen molar-refractivity contribution in [3.8, 4) is 0 Å². The Kier molecular flexibility index (Phi) is 12.3.